The maximum absolute atomic E-state index is 5.32. The van der Waals surface area contributed by atoms with Gasteiger partial charge < -0.3 is 9.64 Å². The van der Waals surface area contributed by atoms with E-state index < -0.39 is 0 Å². The van der Waals surface area contributed by atoms with Gasteiger partial charge in [-0.1, -0.05) is 18.2 Å². The first-order chi connectivity index (χ1) is 13.3. The summed E-state index contributed by atoms with van der Waals surface area (Å²) in [5.74, 6) is 0.878. The molecule has 0 bridgehead atoms. The molecule has 3 aromatic rings. The predicted octanol–water partition coefficient (Wildman–Crippen LogP) is 4.24. The summed E-state index contributed by atoms with van der Waals surface area (Å²) >= 11 is 3.58. The van der Waals surface area contributed by atoms with Crippen LogP contribution >= 0.6 is 22.7 Å². The Bertz CT molecular complexity index is 839. The van der Waals surface area contributed by atoms with Crippen molar-refractivity contribution >= 4 is 22.7 Å². The summed E-state index contributed by atoms with van der Waals surface area (Å²) in [7, 11) is 1.70. The van der Waals surface area contributed by atoms with Crippen LogP contribution < -0.4 is 4.74 Å². The van der Waals surface area contributed by atoms with Crippen molar-refractivity contribution in [2.75, 3.05) is 39.8 Å². The molecule has 0 spiro atoms. The minimum Gasteiger partial charge on any atom is -0.497 e. The van der Waals surface area contributed by atoms with Crippen LogP contribution in [0.2, 0.25) is 0 Å². The Balaban J connectivity index is 1.27. The lowest BCUT2D eigenvalue weighted by Gasteiger charge is -2.34. The van der Waals surface area contributed by atoms with Crippen LogP contribution in [0.4, 0.5) is 0 Å². The number of ether oxygens (including phenoxy) is 1. The molecule has 4 rings (SSSR count). The SMILES string of the molecule is COc1cccc(-c2nc(CN3CCN(CCc4cccs4)CC3)cs2)c1. The lowest BCUT2D eigenvalue weighted by atomic mass is 10.2. The van der Waals surface area contributed by atoms with Crippen LogP contribution in [0.3, 0.4) is 0 Å². The molecular weight excluding hydrogens is 374 g/mol. The molecule has 0 unspecified atom stereocenters. The molecule has 27 heavy (non-hydrogen) atoms. The van der Waals surface area contributed by atoms with Gasteiger partial charge in [-0.25, -0.2) is 4.98 Å². The van der Waals surface area contributed by atoms with E-state index in [1.54, 1.807) is 18.4 Å². The van der Waals surface area contributed by atoms with Crippen molar-refractivity contribution in [1.82, 2.24) is 14.8 Å². The van der Waals surface area contributed by atoms with Gasteiger partial charge in [0.25, 0.3) is 0 Å². The zero-order valence-electron chi connectivity index (χ0n) is 15.6. The molecule has 0 amide bonds. The van der Waals surface area contributed by atoms with E-state index in [2.05, 4.69) is 44.8 Å². The summed E-state index contributed by atoms with van der Waals surface area (Å²) in [6, 6.07) is 12.5. The Morgan fingerprint density at radius 1 is 1.04 bits per heavy atom. The molecule has 4 nitrogen and oxygen atoms in total. The van der Waals surface area contributed by atoms with Crippen molar-refractivity contribution in [2.24, 2.45) is 0 Å². The van der Waals surface area contributed by atoms with E-state index in [9.17, 15) is 0 Å². The monoisotopic (exact) mass is 399 g/mol. The zero-order chi connectivity index (χ0) is 18.5. The van der Waals surface area contributed by atoms with Crippen LogP contribution in [-0.4, -0.2) is 54.6 Å². The highest BCUT2D eigenvalue weighted by Gasteiger charge is 2.18. The van der Waals surface area contributed by atoms with Gasteiger partial charge in [0.2, 0.25) is 0 Å². The molecule has 0 aliphatic carbocycles. The molecule has 0 saturated carbocycles. The van der Waals surface area contributed by atoms with Crippen molar-refractivity contribution in [3.05, 3.63) is 57.7 Å². The quantitative estimate of drug-likeness (QED) is 0.594. The Morgan fingerprint density at radius 2 is 1.89 bits per heavy atom. The van der Waals surface area contributed by atoms with E-state index in [1.165, 1.54) is 23.5 Å². The second kappa shape index (κ2) is 8.97. The van der Waals surface area contributed by atoms with E-state index >= 15 is 0 Å². The minimum absolute atomic E-state index is 0.878. The fraction of sp³-hybridized carbons (Fsp3) is 0.381. The number of piperazine rings is 1. The first-order valence-corrected chi connectivity index (χ1v) is 11.1. The lowest BCUT2D eigenvalue weighted by Crippen LogP contribution is -2.46. The topological polar surface area (TPSA) is 28.6 Å². The Kier molecular flexibility index (Phi) is 6.19. The summed E-state index contributed by atoms with van der Waals surface area (Å²) < 4.78 is 5.32. The molecule has 1 saturated heterocycles. The Hall–Kier alpha value is -1.73. The summed E-state index contributed by atoms with van der Waals surface area (Å²) in [5, 5.41) is 5.43. The van der Waals surface area contributed by atoms with Crippen LogP contribution in [-0.2, 0) is 13.0 Å². The maximum Gasteiger partial charge on any atom is 0.123 e. The molecule has 0 radical (unpaired) electrons. The Morgan fingerprint density at radius 3 is 2.67 bits per heavy atom. The van der Waals surface area contributed by atoms with Gasteiger partial charge in [0.05, 0.1) is 12.8 Å². The van der Waals surface area contributed by atoms with Crippen molar-refractivity contribution < 1.29 is 4.74 Å². The van der Waals surface area contributed by atoms with Gasteiger partial charge in [-0.05, 0) is 30.0 Å². The summed E-state index contributed by atoms with van der Waals surface area (Å²) in [6.07, 6.45) is 1.17. The number of hydrogen-bond acceptors (Lipinski definition) is 6. The molecule has 6 heteroatoms. The fourth-order valence-electron chi connectivity index (χ4n) is 3.39. The van der Waals surface area contributed by atoms with E-state index in [4.69, 9.17) is 9.72 Å². The third-order valence-corrected chi connectivity index (χ3v) is 6.85. The van der Waals surface area contributed by atoms with Crippen LogP contribution in [0.5, 0.6) is 5.75 Å². The molecule has 1 fully saturated rings. The van der Waals surface area contributed by atoms with Gasteiger partial charge in [-0.2, -0.15) is 0 Å². The smallest absolute Gasteiger partial charge is 0.123 e. The average Bonchev–Trinajstić information content (AvgIpc) is 3.40. The normalized spacial score (nSPS) is 15.9. The Labute approximate surface area is 169 Å². The van der Waals surface area contributed by atoms with E-state index in [-0.39, 0.29) is 0 Å². The summed E-state index contributed by atoms with van der Waals surface area (Å²) in [4.78, 5) is 11.4. The molecule has 0 N–H and O–H groups in total. The number of thiophene rings is 1. The third kappa shape index (κ3) is 4.96. The second-order valence-corrected chi connectivity index (χ2v) is 8.71. The van der Waals surface area contributed by atoms with E-state index in [0.29, 0.717) is 0 Å². The van der Waals surface area contributed by atoms with Crippen LogP contribution in [0.25, 0.3) is 10.6 Å². The number of methoxy groups -OCH3 is 1. The van der Waals surface area contributed by atoms with E-state index in [0.717, 1.165) is 49.0 Å². The summed E-state index contributed by atoms with van der Waals surface area (Å²) in [5.41, 5.74) is 2.30. The van der Waals surface area contributed by atoms with E-state index in [1.807, 2.05) is 23.5 Å². The average molecular weight is 400 g/mol. The van der Waals surface area contributed by atoms with Crippen LogP contribution in [0, 0.1) is 0 Å². The summed E-state index contributed by atoms with van der Waals surface area (Å²) in [6.45, 7) is 6.66. The zero-order valence-corrected chi connectivity index (χ0v) is 17.3. The number of aromatic nitrogens is 1. The van der Waals surface area contributed by atoms with Gasteiger partial charge >= 0.3 is 0 Å². The standard InChI is InChI=1S/C21H25N3OS2/c1-25-19-5-2-4-17(14-19)21-22-18(16-27-21)15-24-11-9-23(10-12-24)8-7-20-6-3-13-26-20/h2-6,13-14,16H,7-12,15H2,1H3. The lowest BCUT2D eigenvalue weighted by molar-refractivity contribution is 0.127. The van der Waals surface area contributed by atoms with Crippen molar-refractivity contribution in [3.8, 4) is 16.3 Å². The molecule has 1 aliphatic heterocycles. The van der Waals surface area contributed by atoms with Crippen molar-refractivity contribution in [1.29, 1.82) is 0 Å². The molecule has 2 aromatic heterocycles. The second-order valence-electron chi connectivity index (χ2n) is 6.82. The first kappa shape index (κ1) is 18.6. The number of benzene rings is 1. The fourth-order valence-corrected chi connectivity index (χ4v) is 4.90. The number of thiazole rings is 1. The minimum atomic E-state index is 0.878. The molecule has 3 heterocycles. The first-order valence-electron chi connectivity index (χ1n) is 9.36. The molecule has 1 aromatic carbocycles. The predicted molar refractivity (Wildman–Crippen MR) is 114 cm³/mol. The van der Waals surface area contributed by atoms with Crippen molar-refractivity contribution in [2.45, 2.75) is 13.0 Å². The molecule has 1 aliphatic rings. The van der Waals surface area contributed by atoms with Crippen LogP contribution in [0.15, 0.2) is 47.2 Å². The highest BCUT2D eigenvalue weighted by Crippen LogP contribution is 2.27. The highest BCUT2D eigenvalue weighted by atomic mass is 32.1. The van der Waals surface area contributed by atoms with Gasteiger partial charge in [0, 0.05) is 55.1 Å². The number of hydrogen-bond donors (Lipinski definition) is 0. The molecule has 142 valence electrons. The molecule has 0 atom stereocenters. The maximum atomic E-state index is 5.32. The van der Waals surface area contributed by atoms with Gasteiger partial charge in [-0.3, -0.25) is 4.90 Å². The van der Waals surface area contributed by atoms with Gasteiger partial charge in [0.1, 0.15) is 10.8 Å². The number of rotatable bonds is 7. The van der Waals surface area contributed by atoms with Crippen LogP contribution in [0.1, 0.15) is 10.6 Å². The molecular formula is C21H25N3OS2. The highest BCUT2D eigenvalue weighted by molar-refractivity contribution is 7.13. The van der Waals surface area contributed by atoms with Gasteiger partial charge in [-0.15, -0.1) is 22.7 Å². The largest absolute Gasteiger partial charge is 0.497 e. The number of nitrogens with zero attached hydrogens (tertiary/aromatic N) is 3. The van der Waals surface area contributed by atoms with Gasteiger partial charge in [0.15, 0.2) is 0 Å². The third-order valence-electron chi connectivity index (χ3n) is 4.97. The van der Waals surface area contributed by atoms with Crippen molar-refractivity contribution in [3.63, 3.8) is 0 Å².